The summed E-state index contributed by atoms with van der Waals surface area (Å²) >= 11 is 0. The van der Waals surface area contributed by atoms with Crippen LogP contribution in [0.15, 0.2) is 18.6 Å². The minimum atomic E-state index is 0.529. The van der Waals surface area contributed by atoms with Crippen LogP contribution < -0.4 is 4.57 Å². The summed E-state index contributed by atoms with van der Waals surface area (Å²) in [7, 11) is 0. The Labute approximate surface area is 61.5 Å². The first-order valence-electron chi connectivity index (χ1n) is 3.53. The van der Waals surface area contributed by atoms with Gasteiger partial charge >= 0.3 is 0 Å². The molecule has 1 aromatic rings. The van der Waals surface area contributed by atoms with Gasteiger partial charge in [0.2, 0.25) is 0 Å². The fraction of sp³-hybridized carbons (Fsp3) is 0.500. The molecule has 0 aliphatic carbocycles. The summed E-state index contributed by atoms with van der Waals surface area (Å²) in [6.07, 6.45) is 5.86. The molecule has 0 saturated carbocycles. The Kier molecular flexibility index (Phi) is 2.00. The summed E-state index contributed by atoms with van der Waals surface area (Å²) in [6, 6.07) is 0.529. The van der Waals surface area contributed by atoms with Gasteiger partial charge in [-0.2, -0.15) is 4.57 Å². The smallest absolute Gasteiger partial charge is 0.190 e. The molecule has 10 heavy (non-hydrogen) atoms. The van der Waals surface area contributed by atoms with E-state index in [0.29, 0.717) is 6.04 Å². The van der Waals surface area contributed by atoms with Gasteiger partial charge in [0.1, 0.15) is 5.69 Å². The molecule has 0 fully saturated rings. The summed E-state index contributed by atoms with van der Waals surface area (Å²) < 4.78 is 2.14. The molecule has 0 amide bonds. The second-order valence-corrected chi connectivity index (χ2v) is 2.74. The van der Waals surface area contributed by atoms with Gasteiger partial charge in [-0.3, -0.25) is 0 Å². The maximum Gasteiger partial charge on any atom is 0.190 e. The van der Waals surface area contributed by atoms with Gasteiger partial charge in [0.25, 0.3) is 0 Å². The molecule has 0 aliphatic rings. The van der Waals surface area contributed by atoms with Crippen LogP contribution in [-0.4, -0.2) is 4.98 Å². The highest BCUT2D eigenvalue weighted by Crippen LogP contribution is 1.90. The summed E-state index contributed by atoms with van der Waals surface area (Å²) in [4.78, 5) is 4.10. The van der Waals surface area contributed by atoms with E-state index in [1.54, 1.807) is 0 Å². The van der Waals surface area contributed by atoms with Crippen LogP contribution in [0.4, 0.5) is 0 Å². The lowest BCUT2D eigenvalue weighted by Gasteiger charge is -1.98. The molecule has 54 valence electrons. The average Bonchev–Trinajstić information content (AvgIpc) is 1.88. The highest BCUT2D eigenvalue weighted by Gasteiger charge is 2.03. The summed E-state index contributed by atoms with van der Waals surface area (Å²) in [5, 5.41) is 0. The molecule has 0 spiro atoms. The average molecular weight is 137 g/mol. The molecular weight excluding hydrogens is 124 g/mol. The zero-order valence-corrected chi connectivity index (χ0v) is 6.70. The number of nitrogens with zero attached hydrogens (tertiary/aromatic N) is 2. The summed E-state index contributed by atoms with van der Waals surface area (Å²) in [5.41, 5.74) is 1.07. The molecule has 2 heteroatoms. The van der Waals surface area contributed by atoms with Crippen molar-refractivity contribution in [3.63, 3.8) is 0 Å². The van der Waals surface area contributed by atoms with Gasteiger partial charge in [0.05, 0.1) is 6.20 Å². The Morgan fingerprint density at radius 3 is 2.60 bits per heavy atom. The Morgan fingerprint density at radius 2 is 2.20 bits per heavy atom. The third kappa shape index (κ3) is 1.53. The van der Waals surface area contributed by atoms with Gasteiger partial charge in [-0.05, 0) is 20.8 Å². The van der Waals surface area contributed by atoms with E-state index in [9.17, 15) is 0 Å². The van der Waals surface area contributed by atoms with Crippen molar-refractivity contribution in [1.29, 1.82) is 0 Å². The fourth-order valence-electron chi connectivity index (χ4n) is 0.841. The molecule has 1 rings (SSSR count). The number of aryl methyl sites for hydroxylation is 1. The van der Waals surface area contributed by atoms with Crippen LogP contribution in [0.3, 0.4) is 0 Å². The van der Waals surface area contributed by atoms with Crippen LogP contribution in [0.25, 0.3) is 0 Å². The van der Waals surface area contributed by atoms with Crippen molar-refractivity contribution in [2.75, 3.05) is 0 Å². The normalized spacial score (nSPS) is 10.4. The highest BCUT2D eigenvalue weighted by atomic mass is 15.0. The van der Waals surface area contributed by atoms with Crippen LogP contribution in [0, 0.1) is 6.92 Å². The zero-order valence-electron chi connectivity index (χ0n) is 6.70. The van der Waals surface area contributed by atoms with E-state index in [-0.39, 0.29) is 0 Å². The van der Waals surface area contributed by atoms with Crippen LogP contribution in [0.5, 0.6) is 0 Å². The summed E-state index contributed by atoms with van der Waals surface area (Å²) in [5.74, 6) is 0. The van der Waals surface area contributed by atoms with Crippen molar-refractivity contribution in [2.45, 2.75) is 26.8 Å². The second kappa shape index (κ2) is 2.78. The van der Waals surface area contributed by atoms with E-state index in [4.69, 9.17) is 0 Å². The third-order valence-corrected chi connectivity index (χ3v) is 1.45. The Morgan fingerprint density at radius 1 is 1.50 bits per heavy atom. The molecule has 0 N–H and O–H groups in total. The third-order valence-electron chi connectivity index (χ3n) is 1.45. The van der Waals surface area contributed by atoms with Gasteiger partial charge in [0, 0.05) is 0 Å². The SMILES string of the molecule is Cc1c[n+](C(C)C)ccn1. The fourth-order valence-corrected chi connectivity index (χ4v) is 0.841. The second-order valence-electron chi connectivity index (χ2n) is 2.74. The Balaban J connectivity index is 2.96. The van der Waals surface area contributed by atoms with Crippen LogP contribution in [-0.2, 0) is 0 Å². The topological polar surface area (TPSA) is 16.8 Å². The van der Waals surface area contributed by atoms with E-state index in [0.717, 1.165) is 5.69 Å². The predicted molar refractivity (Wildman–Crippen MR) is 39.6 cm³/mol. The van der Waals surface area contributed by atoms with E-state index in [1.165, 1.54) is 0 Å². The van der Waals surface area contributed by atoms with Crippen molar-refractivity contribution >= 4 is 0 Å². The lowest BCUT2D eigenvalue weighted by molar-refractivity contribution is -0.717. The minimum absolute atomic E-state index is 0.529. The van der Waals surface area contributed by atoms with Gasteiger partial charge in [-0.1, -0.05) is 0 Å². The van der Waals surface area contributed by atoms with Crippen molar-refractivity contribution in [3.05, 3.63) is 24.3 Å². The molecule has 0 atom stereocenters. The molecule has 1 heterocycles. The zero-order chi connectivity index (χ0) is 7.56. The van der Waals surface area contributed by atoms with Crippen LogP contribution in [0.2, 0.25) is 0 Å². The Hall–Kier alpha value is -0.920. The number of hydrogen-bond acceptors (Lipinski definition) is 1. The van der Waals surface area contributed by atoms with Crippen molar-refractivity contribution in [1.82, 2.24) is 4.98 Å². The van der Waals surface area contributed by atoms with Crippen molar-refractivity contribution in [2.24, 2.45) is 0 Å². The van der Waals surface area contributed by atoms with Gasteiger partial charge < -0.3 is 0 Å². The first kappa shape index (κ1) is 7.19. The molecule has 0 aromatic carbocycles. The van der Waals surface area contributed by atoms with Crippen molar-refractivity contribution in [3.8, 4) is 0 Å². The number of aromatic nitrogens is 2. The van der Waals surface area contributed by atoms with Gasteiger partial charge in [0.15, 0.2) is 18.4 Å². The first-order chi connectivity index (χ1) is 4.70. The van der Waals surface area contributed by atoms with Gasteiger partial charge in [-0.25, -0.2) is 4.98 Å². The number of hydrogen-bond donors (Lipinski definition) is 0. The molecular formula is C8H13N2+. The monoisotopic (exact) mass is 137 g/mol. The lowest BCUT2D eigenvalue weighted by Crippen LogP contribution is -2.35. The van der Waals surface area contributed by atoms with E-state index in [1.807, 2.05) is 25.5 Å². The lowest BCUT2D eigenvalue weighted by atomic mass is 10.4. The molecule has 0 unspecified atom stereocenters. The van der Waals surface area contributed by atoms with Crippen LogP contribution in [0.1, 0.15) is 25.6 Å². The van der Waals surface area contributed by atoms with Gasteiger partial charge in [-0.15, -0.1) is 0 Å². The van der Waals surface area contributed by atoms with E-state index >= 15 is 0 Å². The van der Waals surface area contributed by atoms with E-state index < -0.39 is 0 Å². The molecule has 0 bridgehead atoms. The highest BCUT2D eigenvalue weighted by molar-refractivity contribution is 4.84. The molecule has 0 saturated heterocycles. The Bertz CT molecular complexity index is 218. The van der Waals surface area contributed by atoms with E-state index in [2.05, 4.69) is 23.4 Å². The maximum absolute atomic E-state index is 4.10. The largest absolute Gasteiger partial charge is 0.249 e. The minimum Gasteiger partial charge on any atom is -0.249 e. The first-order valence-corrected chi connectivity index (χ1v) is 3.53. The van der Waals surface area contributed by atoms with Crippen molar-refractivity contribution < 1.29 is 4.57 Å². The molecule has 0 radical (unpaired) electrons. The van der Waals surface area contributed by atoms with Crippen LogP contribution >= 0.6 is 0 Å². The molecule has 1 aromatic heterocycles. The maximum atomic E-state index is 4.10. The molecule has 0 aliphatic heterocycles. The summed E-state index contributed by atoms with van der Waals surface area (Å²) in [6.45, 7) is 6.30. The number of rotatable bonds is 1. The predicted octanol–water partition coefficient (Wildman–Crippen LogP) is 1.26. The molecule has 2 nitrogen and oxygen atoms in total. The quantitative estimate of drug-likeness (QED) is 0.532. The standard InChI is InChI=1S/C8H13N2/c1-7(2)10-5-4-9-8(3)6-10/h4-7H,1-3H3/q+1.